The Morgan fingerprint density at radius 1 is 1.00 bits per heavy atom. The fourth-order valence-electron chi connectivity index (χ4n) is 1.69. The Kier molecular flexibility index (Phi) is 3.96. The van der Waals surface area contributed by atoms with E-state index in [4.69, 9.17) is 0 Å². The van der Waals surface area contributed by atoms with Gasteiger partial charge >= 0.3 is 0 Å². The molecular formula is C14H14BrNO2S. The van der Waals surface area contributed by atoms with E-state index in [-0.39, 0.29) is 4.90 Å². The number of halogens is 1. The van der Waals surface area contributed by atoms with E-state index in [9.17, 15) is 8.42 Å². The summed E-state index contributed by atoms with van der Waals surface area (Å²) in [5.74, 6) is 0. The predicted molar refractivity (Wildman–Crippen MR) is 80.9 cm³/mol. The first-order valence-corrected chi connectivity index (χ1v) is 8.02. The van der Waals surface area contributed by atoms with Crippen LogP contribution in [0.25, 0.3) is 0 Å². The molecule has 0 amide bonds. The lowest BCUT2D eigenvalue weighted by atomic mass is 10.2. The molecule has 2 rings (SSSR count). The minimum atomic E-state index is -3.55. The van der Waals surface area contributed by atoms with Gasteiger partial charge in [-0.15, -0.1) is 0 Å². The van der Waals surface area contributed by atoms with E-state index in [1.165, 1.54) is 0 Å². The maximum Gasteiger partial charge on any atom is 0.261 e. The molecule has 0 saturated heterocycles. The van der Waals surface area contributed by atoms with E-state index in [0.29, 0.717) is 5.69 Å². The highest BCUT2D eigenvalue weighted by Crippen LogP contribution is 2.26. The Labute approximate surface area is 121 Å². The maximum atomic E-state index is 12.3. The second-order valence-corrected chi connectivity index (χ2v) is 6.94. The minimum Gasteiger partial charge on any atom is -0.278 e. The van der Waals surface area contributed by atoms with Crippen molar-refractivity contribution in [1.82, 2.24) is 0 Å². The number of sulfonamides is 1. The molecule has 2 aromatic carbocycles. The zero-order valence-corrected chi connectivity index (χ0v) is 13.0. The molecule has 0 aliphatic rings. The summed E-state index contributed by atoms with van der Waals surface area (Å²) in [7, 11) is -3.55. The molecule has 0 aliphatic heterocycles. The maximum absolute atomic E-state index is 12.3. The molecule has 0 atom stereocenters. The van der Waals surface area contributed by atoms with Crippen LogP contribution in [0.15, 0.2) is 51.8 Å². The number of aryl methyl sites for hydroxylation is 2. The molecule has 0 heterocycles. The quantitative estimate of drug-likeness (QED) is 0.922. The van der Waals surface area contributed by atoms with Gasteiger partial charge in [-0.2, -0.15) is 0 Å². The Morgan fingerprint density at radius 2 is 1.68 bits per heavy atom. The molecule has 3 nitrogen and oxygen atoms in total. The highest BCUT2D eigenvalue weighted by Gasteiger charge is 2.15. The first kappa shape index (κ1) is 14.1. The molecule has 5 heteroatoms. The summed E-state index contributed by atoms with van der Waals surface area (Å²) >= 11 is 3.36. The Hall–Kier alpha value is -1.33. The summed E-state index contributed by atoms with van der Waals surface area (Å²) in [6.45, 7) is 3.81. The first-order chi connectivity index (χ1) is 8.88. The second kappa shape index (κ2) is 5.35. The van der Waals surface area contributed by atoms with Crippen molar-refractivity contribution in [3.63, 3.8) is 0 Å². The van der Waals surface area contributed by atoms with Crippen molar-refractivity contribution in [2.75, 3.05) is 4.72 Å². The summed E-state index contributed by atoms with van der Waals surface area (Å²) in [5.41, 5.74) is 2.50. The van der Waals surface area contributed by atoms with Gasteiger partial charge in [0.15, 0.2) is 0 Å². The van der Waals surface area contributed by atoms with Gasteiger partial charge in [0.2, 0.25) is 0 Å². The summed E-state index contributed by atoms with van der Waals surface area (Å²) in [6.07, 6.45) is 0. The lowest BCUT2D eigenvalue weighted by molar-refractivity contribution is 0.601. The summed E-state index contributed by atoms with van der Waals surface area (Å²) in [4.78, 5) is 0.264. The Balaban J connectivity index is 2.36. The van der Waals surface area contributed by atoms with E-state index in [1.807, 2.05) is 32.0 Å². The average Bonchev–Trinajstić information content (AvgIpc) is 2.33. The van der Waals surface area contributed by atoms with Gasteiger partial charge < -0.3 is 0 Å². The molecule has 0 saturated carbocycles. The minimum absolute atomic E-state index is 0.264. The number of anilines is 1. The standard InChI is InChI=1S/C14H14BrNO2S/c1-10-4-3-5-12(8-10)19(17,18)16-14-7-6-11(2)9-13(14)15/h3-9,16H,1-2H3. The predicted octanol–water partition coefficient (Wildman–Crippen LogP) is 3.87. The molecule has 19 heavy (non-hydrogen) atoms. The van der Waals surface area contributed by atoms with Crippen LogP contribution < -0.4 is 4.72 Å². The molecular weight excluding hydrogens is 326 g/mol. The van der Waals surface area contributed by atoms with Crippen molar-refractivity contribution in [1.29, 1.82) is 0 Å². The molecule has 0 spiro atoms. The third-order valence-corrected chi connectivity index (χ3v) is 4.69. The SMILES string of the molecule is Cc1cccc(S(=O)(=O)Nc2ccc(C)cc2Br)c1. The molecule has 2 aromatic rings. The number of hydrogen-bond acceptors (Lipinski definition) is 2. The van der Waals surface area contributed by atoms with Gasteiger partial charge in [0.05, 0.1) is 10.6 Å². The van der Waals surface area contributed by atoms with E-state index in [1.54, 1.807) is 24.3 Å². The average molecular weight is 340 g/mol. The zero-order chi connectivity index (χ0) is 14.0. The van der Waals surface area contributed by atoms with Gasteiger partial charge in [-0.25, -0.2) is 8.42 Å². The van der Waals surface area contributed by atoms with Crippen molar-refractivity contribution in [2.45, 2.75) is 18.7 Å². The molecule has 1 N–H and O–H groups in total. The zero-order valence-electron chi connectivity index (χ0n) is 10.6. The van der Waals surface area contributed by atoms with Crippen molar-refractivity contribution in [3.8, 4) is 0 Å². The molecule has 0 aliphatic carbocycles. The second-order valence-electron chi connectivity index (χ2n) is 4.41. The van der Waals surface area contributed by atoms with Crippen LogP contribution in [-0.2, 0) is 10.0 Å². The number of nitrogens with one attached hydrogen (secondary N) is 1. The van der Waals surface area contributed by atoms with Crippen LogP contribution in [0.4, 0.5) is 5.69 Å². The molecule has 0 radical (unpaired) electrons. The highest BCUT2D eigenvalue weighted by atomic mass is 79.9. The number of rotatable bonds is 3. The van der Waals surface area contributed by atoms with Gasteiger partial charge in [-0.3, -0.25) is 4.72 Å². The Bertz CT molecular complexity index is 711. The van der Waals surface area contributed by atoms with Gasteiger partial charge in [0, 0.05) is 4.47 Å². The highest BCUT2D eigenvalue weighted by molar-refractivity contribution is 9.10. The fraction of sp³-hybridized carbons (Fsp3) is 0.143. The number of benzene rings is 2. The molecule has 0 aromatic heterocycles. The van der Waals surface area contributed by atoms with E-state index in [0.717, 1.165) is 15.6 Å². The third kappa shape index (κ3) is 3.36. The van der Waals surface area contributed by atoms with E-state index >= 15 is 0 Å². The summed E-state index contributed by atoms with van der Waals surface area (Å²) < 4.78 is 27.8. The Morgan fingerprint density at radius 3 is 2.32 bits per heavy atom. The van der Waals surface area contributed by atoms with Gasteiger partial charge in [0.25, 0.3) is 10.0 Å². The fourth-order valence-corrected chi connectivity index (χ4v) is 3.60. The van der Waals surface area contributed by atoms with Crippen molar-refractivity contribution in [2.24, 2.45) is 0 Å². The molecule has 0 unspecified atom stereocenters. The largest absolute Gasteiger partial charge is 0.278 e. The van der Waals surface area contributed by atoms with Gasteiger partial charge in [0.1, 0.15) is 0 Å². The van der Waals surface area contributed by atoms with Crippen LogP contribution in [0.1, 0.15) is 11.1 Å². The summed E-state index contributed by atoms with van der Waals surface area (Å²) in [6, 6.07) is 12.3. The molecule has 0 fully saturated rings. The number of hydrogen-bond donors (Lipinski definition) is 1. The van der Waals surface area contributed by atoms with Crippen LogP contribution in [-0.4, -0.2) is 8.42 Å². The van der Waals surface area contributed by atoms with Crippen molar-refractivity contribution < 1.29 is 8.42 Å². The first-order valence-electron chi connectivity index (χ1n) is 5.74. The smallest absolute Gasteiger partial charge is 0.261 e. The van der Waals surface area contributed by atoms with Crippen LogP contribution in [0.2, 0.25) is 0 Å². The van der Waals surface area contributed by atoms with Crippen LogP contribution in [0.3, 0.4) is 0 Å². The van der Waals surface area contributed by atoms with Crippen LogP contribution in [0.5, 0.6) is 0 Å². The van der Waals surface area contributed by atoms with Crippen molar-refractivity contribution in [3.05, 3.63) is 58.1 Å². The molecule has 100 valence electrons. The van der Waals surface area contributed by atoms with Gasteiger partial charge in [-0.1, -0.05) is 18.2 Å². The van der Waals surface area contributed by atoms with Crippen LogP contribution >= 0.6 is 15.9 Å². The normalized spacial score (nSPS) is 11.3. The van der Waals surface area contributed by atoms with E-state index < -0.39 is 10.0 Å². The third-order valence-electron chi connectivity index (χ3n) is 2.67. The summed E-state index contributed by atoms with van der Waals surface area (Å²) in [5, 5.41) is 0. The van der Waals surface area contributed by atoms with E-state index in [2.05, 4.69) is 20.7 Å². The van der Waals surface area contributed by atoms with Crippen LogP contribution in [0, 0.1) is 13.8 Å². The van der Waals surface area contributed by atoms with Gasteiger partial charge in [-0.05, 0) is 65.2 Å². The lowest BCUT2D eigenvalue weighted by Crippen LogP contribution is -2.13. The lowest BCUT2D eigenvalue weighted by Gasteiger charge is -2.10. The molecule has 0 bridgehead atoms. The monoisotopic (exact) mass is 339 g/mol. The topological polar surface area (TPSA) is 46.2 Å². The van der Waals surface area contributed by atoms with Crippen molar-refractivity contribution >= 4 is 31.6 Å².